The zero-order chi connectivity index (χ0) is 75.2. The van der Waals surface area contributed by atoms with Gasteiger partial charge in [0.25, 0.3) is 0 Å². The van der Waals surface area contributed by atoms with Crippen LogP contribution in [0.5, 0.6) is 0 Å². The second-order valence-electron chi connectivity index (χ2n) is 29.7. The Hall–Kier alpha value is -6.90. The van der Waals surface area contributed by atoms with Gasteiger partial charge in [0.05, 0.1) is 12.7 Å². The van der Waals surface area contributed by atoms with Crippen LogP contribution in [0.3, 0.4) is 0 Å². The number of hydrogen-bond donors (Lipinski definition) is 5. The molecule has 0 aliphatic carbocycles. The van der Waals surface area contributed by atoms with E-state index in [9.17, 15) is 33.9 Å². The Kier molecular flexibility index (Phi) is 35.9. The minimum atomic E-state index is -1.65. The van der Waals surface area contributed by atoms with Crippen molar-refractivity contribution in [2.24, 2.45) is 41.4 Å². The molecular weight excluding hydrogens is 1260 g/mol. The maximum absolute atomic E-state index is 15.4. The van der Waals surface area contributed by atoms with Crippen molar-refractivity contribution in [2.45, 2.75) is 242 Å². The molecule has 98 heavy (non-hydrogen) atoms. The molecule has 0 radical (unpaired) electrons. The van der Waals surface area contributed by atoms with Crippen molar-refractivity contribution in [1.82, 2.24) is 65.4 Å². The van der Waals surface area contributed by atoms with Gasteiger partial charge in [-0.05, 0) is 121 Å². The van der Waals surface area contributed by atoms with Gasteiger partial charge < -0.3 is 75.2 Å². The largest absolute Gasteiger partial charge is 0.449 e. The van der Waals surface area contributed by atoms with Gasteiger partial charge in [0.1, 0.15) is 66.5 Å². The number of carbonyl (C=O) groups is 12. The first-order valence-corrected chi connectivity index (χ1v) is 35.5. The van der Waals surface area contributed by atoms with Gasteiger partial charge in [-0.15, -0.1) is 0 Å². The number of piperazine rings is 1. The second-order valence-corrected chi connectivity index (χ2v) is 29.7. The zero-order valence-electron chi connectivity index (χ0n) is 64.1. The van der Waals surface area contributed by atoms with Crippen LogP contribution in [-0.2, 0) is 57.5 Å². The summed E-state index contributed by atoms with van der Waals surface area (Å²) in [5, 5.41) is 23.4. The lowest BCUT2D eigenvalue weighted by Crippen LogP contribution is -2.64. The fraction of sp³-hybridized carbons (Fsp3) is 0.803. The van der Waals surface area contributed by atoms with E-state index in [1.54, 1.807) is 72.4 Å². The maximum atomic E-state index is 15.4. The highest BCUT2D eigenvalue weighted by atomic mass is 16.6. The Bertz CT molecular complexity index is 2720. The fourth-order valence-corrected chi connectivity index (χ4v) is 12.8. The number of allylic oxidation sites excluding steroid dienone is 2. The molecule has 2 fully saturated rings. The molecule has 0 aromatic rings. The number of rotatable bonds is 19. The molecule has 27 nitrogen and oxygen atoms in total. The summed E-state index contributed by atoms with van der Waals surface area (Å²) in [4.78, 5) is 189. The van der Waals surface area contributed by atoms with Gasteiger partial charge in [-0.2, -0.15) is 0 Å². The third-order valence-corrected chi connectivity index (χ3v) is 19.3. The first-order chi connectivity index (χ1) is 45.5. The summed E-state index contributed by atoms with van der Waals surface area (Å²) in [6, 6.07) is -14.2. The molecule has 0 bridgehead atoms. The standard InChI is InChI=1S/C71H127N13O14/c1-26-28-31-47(14)59(85)58-63(89)74-51(30-27-2)66(92)77(19)50(17)65(91)82(24)57(46(13)32-29-37-98-71(97)84-35-33-76(18)34-36-84)62(88)75-55(44(9)10)69(95)78(20)52(38-41(3)4)61(87)72-48(15)60(86)73-49(16)64(90)79(21)53(39-42(5)6)67(93)80(22)54(40-43(7)8)68(94)81(23)56(45(11)12)70(96)83(58)25/h26,28,41-59,85H,27,29-40H2,1-25H3,(H,72,87)(H,73,86)(H,74,89)(H,75,88)/b28-26+/t46-,47-,48+,49-,50-,51+,52+,53+,54+,55+,56+,57+,58+,59-/m1/s1. The van der Waals surface area contributed by atoms with Crippen LogP contribution in [0.4, 0.5) is 4.79 Å². The molecule has 0 aromatic heterocycles. The van der Waals surface area contributed by atoms with Crippen LogP contribution in [-0.4, -0.2) is 282 Å². The Balaban J connectivity index is 3.04. The zero-order valence-corrected chi connectivity index (χ0v) is 64.1. The fourth-order valence-electron chi connectivity index (χ4n) is 12.8. The van der Waals surface area contributed by atoms with Gasteiger partial charge >= 0.3 is 6.09 Å². The molecule has 27 heteroatoms. The van der Waals surface area contributed by atoms with Crippen LogP contribution >= 0.6 is 0 Å². The topological polar surface area (TPSA) is 312 Å². The van der Waals surface area contributed by atoms with Gasteiger partial charge in [0.2, 0.25) is 65.0 Å². The summed E-state index contributed by atoms with van der Waals surface area (Å²) in [7, 11) is 11.9. The summed E-state index contributed by atoms with van der Waals surface area (Å²) in [6.07, 6.45) is 3.16. The van der Waals surface area contributed by atoms with Crippen LogP contribution < -0.4 is 21.3 Å². The van der Waals surface area contributed by atoms with E-state index in [0.717, 1.165) is 9.80 Å². The molecule has 2 aliphatic heterocycles. The molecule has 2 rings (SSSR count). The molecule has 12 amide bonds. The third-order valence-electron chi connectivity index (χ3n) is 19.3. The van der Waals surface area contributed by atoms with Crippen LogP contribution in [0.2, 0.25) is 0 Å². The van der Waals surface area contributed by atoms with E-state index in [1.165, 1.54) is 94.6 Å². The predicted octanol–water partition coefficient (Wildman–Crippen LogP) is 3.80. The van der Waals surface area contributed by atoms with Gasteiger partial charge in [-0.3, -0.25) is 52.7 Å². The summed E-state index contributed by atoms with van der Waals surface area (Å²) < 4.78 is 5.67. The molecule has 0 unspecified atom stereocenters. The van der Waals surface area contributed by atoms with Crippen LogP contribution in [0.1, 0.15) is 169 Å². The van der Waals surface area contributed by atoms with Gasteiger partial charge in [-0.1, -0.05) is 109 Å². The Morgan fingerprint density at radius 1 is 0.510 bits per heavy atom. The highest BCUT2D eigenvalue weighted by Gasteiger charge is 2.47. The molecule has 2 aliphatic rings. The lowest BCUT2D eigenvalue weighted by atomic mass is 9.91. The van der Waals surface area contributed by atoms with Gasteiger partial charge in [0, 0.05) is 75.5 Å². The number of hydrogen-bond acceptors (Lipinski definition) is 15. The number of ether oxygens (including phenoxy) is 1. The minimum Gasteiger partial charge on any atom is -0.449 e. The average molecular weight is 1390 g/mol. The van der Waals surface area contributed by atoms with Crippen molar-refractivity contribution >= 4 is 71.1 Å². The molecular formula is C71H127N13O14. The molecule has 5 N–H and O–H groups in total. The number of carbonyl (C=O) groups excluding carboxylic acids is 12. The molecule has 2 heterocycles. The second kappa shape index (κ2) is 40.4. The summed E-state index contributed by atoms with van der Waals surface area (Å²) >= 11 is 0. The van der Waals surface area contributed by atoms with E-state index >= 15 is 28.8 Å². The molecule has 0 saturated carbocycles. The van der Waals surface area contributed by atoms with Crippen molar-refractivity contribution in [1.29, 1.82) is 0 Å². The van der Waals surface area contributed by atoms with E-state index < -0.39 is 167 Å². The van der Waals surface area contributed by atoms with Crippen molar-refractivity contribution in [2.75, 3.05) is 89.2 Å². The molecule has 0 aromatic carbocycles. The van der Waals surface area contributed by atoms with Crippen LogP contribution in [0, 0.1) is 41.4 Å². The van der Waals surface area contributed by atoms with E-state index in [1.807, 2.05) is 48.6 Å². The molecule has 0 spiro atoms. The van der Waals surface area contributed by atoms with Gasteiger partial charge in [-0.25, -0.2) is 4.79 Å². The van der Waals surface area contributed by atoms with Crippen molar-refractivity contribution in [3.8, 4) is 0 Å². The SMILES string of the molecule is C/C=C/C[C@@H](C)[C@@H](O)[C@H]1C(=O)N[C@@H](CCC)C(=O)N(C)[C@H](C)C(=O)N(C)[C@@H]([C@H](C)CCCOC(=O)N2CCN(C)CC2)C(=O)N[C@@H](C(C)C)C(=O)N(C)[C@@H](CC(C)C)C(=O)N[C@@H](C)C(=O)N[C@H](C)C(=O)N(C)[C@@H](CC(C)C)C(=O)N(C)[C@@H](CC(C)C)C(=O)N(C)[C@@H](C(C)C)C(=O)N1C. The normalized spacial score (nSPS) is 27.1. The molecule has 14 atom stereocenters. The lowest BCUT2D eigenvalue weighted by Gasteiger charge is -2.41. The first kappa shape index (κ1) is 87.2. The van der Waals surface area contributed by atoms with Gasteiger partial charge in [0.15, 0.2) is 0 Å². The van der Waals surface area contributed by atoms with Crippen molar-refractivity contribution in [3.63, 3.8) is 0 Å². The van der Waals surface area contributed by atoms with E-state index in [0.29, 0.717) is 32.6 Å². The number of nitrogens with one attached hydrogen (secondary N) is 4. The molecule has 2 saturated heterocycles. The average Bonchev–Trinajstić information content (AvgIpc) is 0.794. The van der Waals surface area contributed by atoms with E-state index in [4.69, 9.17) is 4.74 Å². The van der Waals surface area contributed by atoms with Crippen LogP contribution in [0.15, 0.2) is 12.2 Å². The van der Waals surface area contributed by atoms with Crippen LogP contribution in [0.25, 0.3) is 0 Å². The first-order valence-electron chi connectivity index (χ1n) is 35.5. The quantitative estimate of drug-likeness (QED) is 0.0908. The summed E-state index contributed by atoms with van der Waals surface area (Å²) in [5.41, 5.74) is 0. The number of amides is 12. The minimum absolute atomic E-state index is 0.00502. The monoisotopic (exact) mass is 1390 g/mol. The van der Waals surface area contributed by atoms with E-state index in [-0.39, 0.29) is 69.3 Å². The number of likely N-dealkylation sites (N-methyl/N-ethyl adjacent to an activating group) is 8. The predicted molar refractivity (Wildman–Crippen MR) is 377 cm³/mol. The Morgan fingerprint density at radius 2 is 0.980 bits per heavy atom. The lowest BCUT2D eigenvalue weighted by molar-refractivity contribution is -0.157. The highest BCUT2D eigenvalue weighted by Crippen LogP contribution is 2.27. The third kappa shape index (κ3) is 24.2. The Morgan fingerprint density at radius 3 is 1.48 bits per heavy atom. The highest BCUT2D eigenvalue weighted by molar-refractivity contribution is 6.00. The maximum Gasteiger partial charge on any atom is 0.409 e. The van der Waals surface area contributed by atoms with Crippen molar-refractivity contribution < 1.29 is 67.4 Å². The summed E-state index contributed by atoms with van der Waals surface area (Å²) in [5.74, 6) is -10.8. The molecule has 560 valence electrons. The number of aliphatic hydroxyl groups excluding tert-OH is 1. The smallest absolute Gasteiger partial charge is 0.409 e. The number of aliphatic hydroxyl groups is 1. The number of nitrogens with zero attached hydrogens (tertiary/aromatic N) is 9. The Labute approximate surface area is 585 Å². The van der Waals surface area contributed by atoms with Crippen molar-refractivity contribution in [3.05, 3.63) is 12.2 Å². The summed E-state index contributed by atoms with van der Waals surface area (Å²) in [6.45, 7) is 31.8. The van der Waals surface area contributed by atoms with E-state index in [2.05, 4.69) is 26.2 Å².